The summed E-state index contributed by atoms with van der Waals surface area (Å²) in [6.45, 7) is 0. The van der Waals surface area contributed by atoms with Crippen molar-refractivity contribution in [2.75, 3.05) is 5.75 Å². The van der Waals surface area contributed by atoms with Crippen LogP contribution in [0.1, 0.15) is 5.56 Å². The van der Waals surface area contributed by atoms with Gasteiger partial charge in [0.25, 0.3) is 0 Å². The van der Waals surface area contributed by atoms with Crippen LogP contribution in [0, 0.1) is 0 Å². The second-order valence-electron chi connectivity index (χ2n) is 3.30. The summed E-state index contributed by atoms with van der Waals surface area (Å²) in [5.41, 5.74) is 0.863. The van der Waals surface area contributed by atoms with Gasteiger partial charge in [-0.05, 0) is 16.8 Å². The van der Waals surface area contributed by atoms with Crippen LogP contribution in [0.2, 0.25) is 0 Å². The van der Waals surface area contributed by atoms with Crippen molar-refractivity contribution in [2.45, 2.75) is 0 Å². The van der Waals surface area contributed by atoms with E-state index in [0.717, 1.165) is 16.3 Å². The largest absolute Gasteiger partial charge is 0.507 e. The summed E-state index contributed by atoms with van der Waals surface area (Å²) in [7, 11) is 0. The minimum atomic E-state index is 0.312. The number of phenolic OH excluding ortho intramolecular Hbond substituents is 1. The van der Waals surface area contributed by atoms with Gasteiger partial charge in [0, 0.05) is 11.3 Å². The van der Waals surface area contributed by atoms with E-state index in [0.29, 0.717) is 11.5 Å². The molecule has 0 amide bonds. The molecule has 2 aromatic carbocycles. The molecule has 2 heteroatoms. The van der Waals surface area contributed by atoms with Gasteiger partial charge in [-0.15, -0.1) is 0 Å². The third-order valence-corrected chi connectivity index (χ3v) is 2.55. The Morgan fingerprint density at radius 1 is 1.13 bits per heavy atom. The summed E-state index contributed by atoms with van der Waals surface area (Å²) in [6, 6.07) is 11.6. The Hall–Kier alpha value is -1.41. The normalized spacial score (nSPS) is 11.3. The predicted molar refractivity (Wildman–Crippen MR) is 68.5 cm³/mol. The van der Waals surface area contributed by atoms with E-state index in [1.54, 1.807) is 6.07 Å². The molecule has 1 N–H and O–H groups in total. The molecule has 0 bridgehead atoms. The second-order valence-corrected chi connectivity index (χ2v) is 3.67. The zero-order valence-electron chi connectivity index (χ0n) is 8.22. The van der Waals surface area contributed by atoms with Gasteiger partial charge in [-0.25, -0.2) is 0 Å². The lowest BCUT2D eigenvalue weighted by atomic mass is 10.0. The Labute approximate surface area is 94.5 Å². The molecule has 2 aromatic rings. The molecule has 0 saturated carbocycles. The average molecular weight is 216 g/mol. The first-order valence-electron chi connectivity index (χ1n) is 4.81. The van der Waals surface area contributed by atoms with E-state index in [2.05, 4.69) is 12.6 Å². The van der Waals surface area contributed by atoms with Crippen molar-refractivity contribution >= 4 is 29.5 Å². The molecule has 0 aliphatic carbocycles. The highest BCUT2D eigenvalue weighted by Gasteiger charge is 2.02. The predicted octanol–water partition coefficient (Wildman–Crippen LogP) is 3.49. The molecule has 0 unspecified atom stereocenters. The molecule has 0 atom stereocenters. The molecule has 76 valence electrons. The molecular weight excluding hydrogens is 204 g/mol. The van der Waals surface area contributed by atoms with Crippen molar-refractivity contribution in [3.05, 3.63) is 48.0 Å². The highest BCUT2D eigenvalue weighted by atomic mass is 32.1. The minimum Gasteiger partial charge on any atom is -0.507 e. The number of thiol groups is 1. The fraction of sp³-hybridized carbons (Fsp3) is 0.0769. The molecule has 0 aliphatic rings. The van der Waals surface area contributed by atoms with Crippen LogP contribution in [0.25, 0.3) is 16.8 Å². The second kappa shape index (κ2) is 4.41. The molecule has 0 spiro atoms. The van der Waals surface area contributed by atoms with Crippen LogP contribution >= 0.6 is 12.6 Å². The molecule has 0 radical (unpaired) electrons. The maximum absolute atomic E-state index is 9.76. The summed E-state index contributed by atoms with van der Waals surface area (Å²) in [5.74, 6) is 0.981. The van der Waals surface area contributed by atoms with E-state index in [1.807, 2.05) is 42.5 Å². The van der Waals surface area contributed by atoms with Crippen molar-refractivity contribution in [3.8, 4) is 5.75 Å². The quantitative estimate of drug-likeness (QED) is 0.736. The lowest BCUT2D eigenvalue weighted by Gasteiger charge is -2.04. The summed E-state index contributed by atoms with van der Waals surface area (Å²) in [6.07, 6.45) is 3.83. The number of fused-ring (bicyclic) bond motifs is 1. The van der Waals surface area contributed by atoms with E-state index < -0.39 is 0 Å². The lowest BCUT2D eigenvalue weighted by Crippen LogP contribution is -1.80. The number of rotatable bonds is 2. The van der Waals surface area contributed by atoms with E-state index >= 15 is 0 Å². The Kier molecular flexibility index (Phi) is 2.97. The van der Waals surface area contributed by atoms with Gasteiger partial charge in [0.05, 0.1) is 0 Å². The minimum absolute atomic E-state index is 0.312. The molecule has 2 rings (SSSR count). The zero-order chi connectivity index (χ0) is 10.7. The Bertz CT molecular complexity index is 503. The van der Waals surface area contributed by atoms with Gasteiger partial charge in [0.1, 0.15) is 5.75 Å². The molecule has 0 aromatic heterocycles. The van der Waals surface area contributed by atoms with Gasteiger partial charge >= 0.3 is 0 Å². The summed E-state index contributed by atoms with van der Waals surface area (Å²) in [4.78, 5) is 0. The van der Waals surface area contributed by atoms with Crippen LogP contribution in [0.5, 0.6) is 5.75 Å². The molecule has 15 heavy (non-hydrogen) atoms. The van der Waals surface area contributed by atoms with Crippen molar-refractivity contribution in [1.82, 2.24) is 0 Å². The van der Waals surface area contributed by atoms with E-state index in [9.17, 15) is 5.11 Å². The topological polar surface area (TPSA) is 20.2 Å². The third-order valence-electron chi connectivity index (χ3n) is 2.34. The smallest absolute Gasteiger partial charge is 0.123 e. The number of phenols is 1. The summed E-state index contributed by atoms with van der Waals surface area (Å²) in [5, 5.41) is 12.0. The average Bonchev–Trinajstić information content (AvgIpc) is 2.28. The third kappa shape index (κ3) is 2.00. The van der Waals surface area contributed by atoms with Gasteiger partial charge in [0.15, 0.2) is 0 Å². The fourth-order valence-corrected chi connectivity index (χ4v) is 1.74. The number of hydrogen-bond donors (Lipinski definition) is 2. The molecule has 0 aliphatic heterocycles. The van der Waals surface area contributed by atoms with Crippen LogP contribution < -0.4 is 0 Å². The summed E-state index contributed by atoms with van der Waals surface area (Å²) < 4.78 is 0. The van der Waals surface area contributed by atoms with Crippen LogP contribution in [-0.2, 0) is 0 Å². The van der Waals surface area contributed by atoms with Crippen molar-refractivity contribution in [1.29, 1.82) is 0 Å². The van der Waals surface area contributed by atoms with Crippen LogP contribution in [0.15, 0.2) is 42.5 Å². The monoisotopic (exact) mass is 216 g/mol. The van der Waals surface area contributed by atoms with Crippen molar-refractivity contribution in [2.24, 2.45) is 0 Å². The van der Waals surface area contributed by atoms with Crippen molar-refractivity contribution in [3.63, 3.8) is 0 Å². The van der Waals surface area contributed by atoms with E-state index in [1.165, 1.54) is 0 Å². The Morgan fingerprint density at radius 3 is 2.73 bits per heavy atom. The van der Waals surface area contributed by atoms with Crippen LogP contribution in [0.3, 0.4) is 0 Å². The first-order valence-corrected chi connectivity index (χ1v) is 5.44. The number of benzene rings is 2. The Morgan fingerprint density at radius 2 is 1.93 bits per heavy atom. The van der Waals surface area contributed by atoms with Gasteiger partial charge in [-0.1, -0.05) is 42.5 Å². The Balaban J connectivity index is 2.68. The van der Waals surface area contributed by atoms with Gasteiger partial charge in [-0.2, -0.15) is 12.6 Å². The first-order chi connectivity index (χ1) is 7.33. The fourth-order valence-electron chi connectivity index (χ4n) is 1.63. The maximum atomic E-state index is 9.76. The standard InChI is InChI=1S/C13H12OS/c14-13-8-7-10-4-1-2-5-11(10)12(13)6-3-9-15/h1-8,14-15H,9H2. The maximum Gasteiger partial charge on any atom is 0.123 e. The number of hydrogen-bond acceptors (Lipinski definition) is 2. The van der Waals surface area contributed by atoms with Crippen molar-refractivity contribution < 1.29 is 5.11 Å². The highest BCUT2D eigenvalue weighted by Crippen LogP contribution is 2.28. The van der Waals surface area contributed by atoms with E-state index in [-0.39, 0.29) is 0 Å². The molecule has 0 heterocycles. The van der Waals surface area contributed by atoms with Gasteiger partial charge < -0.3 is 5.11 Å². The molecular formula is C13H12OS. The van der Waals surface area contributed by atoms with Crippen LogP contribution in [-0.4, -0.2) is 10.9 Å². The van der Waals surface area contributed by atoms with Gasteiger partial charge in [-0.3, -0.25) is 0 Å². The first kappa shape index (κ1) is 10.1. The summed E-state index contributed by atoms with van der Waals surface area (Å²) >= 11 is 4.11. The van der Waals surface area contributed by atoms with E-state index in [4.69, 9.17) is 0 Å². The lowest BCUT2D eigenvalue weighted by molar-refractivity contribution is 0.475. The highest BCUT2D eigenvalue weighted by molar-refractivity contribution is 7.80. The molecule has 0 saturated heterocycles. The number of aromatic hydroxyl groups is 1. The molecule has 0 fully saturated rings. The van der Waals surface area contributed by atoms with Gasteiger partial charge in [0.2, 0.25) is 0 Å². The van der Waals surface area contributed by atoms with Crippen LogP contribution in [0.4, 0.5) is 0 Å². The molecule has 1 nitrogen and oxygen atoms in total. The SMILES string of the molecule is Oc1ccc2ccccc2c1C=CCS. The zero-order valence-corrected chi connectivity index (χ0v) is 9.11.